The van der Waals surface area contributed by atoms with Crippen LogP contribution in [-0.2, 0) is 0 Å². The molecule has 0 saturated carbocycles. The second kappa shape index (κ2) is 6.03. The molecule has 0 amide bonds. The number of carbonyl (C=O) groups excluding carboxylic acids is 1. The van der Waals surface area contributed by atoms with Gasteiger partial charge in [0.25, 0.3) is 0 Å². The standard InChI is InChI=1S/C11H16N2O2.ClH/c1-13(9-4-5-12-7-9)8-10(14)11-3-2-6-15-11;/h2-3,6,9,12H,4-5,7-8H2,1H3;1H. The van der Waals surface area contributed by atoms with Gasteiger partial charge in [-0.15, -0.1) is 12.4 Å². The fourth-order valence-electron chi connectivity index (χ4n) is 1.89. The Hall–Kier alpha value is -0.840. The number of nitrogens with one attached hydrogen (secondary N) is 1. The number of Topliss-reactive ketones (excluding diaryl/α,β-unsaturated/α-hetero) is 1. The fraction of sp³-hybridized carbons (Fsp3) is 0.545. The molecule has 0 spiro atoms. The van der Waals surface area contributed by atoms with E-state index in [-0.39, 0.29) is 18.2 Å². The lowest BCUT2D eigenvalue weighted by Gasteiger charge is -2.21. The van der Waals surface area contributed by atoms with Gasteiger partial charge in [0.15, 0.2) is 5.76 Å². The number of hydrogen-bond donors (Lipinski definition) is 1. The summed E-state index contributed by atoms with van der Waals surface area (Å²) in [6.07, 6.45) is 2.65. The van der Waals surface area contributed by atoms with Crippen LogP contribution in [0.25, 0.3) is 0 Å². The third-order valence-electron chi connectivity index (χ3n) is 2.85. The van der Waals surface area contributed by atoms with Crippen molar-refractivity contribution in [2.45, 2.75) is 12.5 Å². The van der Waals surface area contributed by atoms with Crippen LogP contribution in [-0.4, -0.2) is 43.4 Å². The van der Waals surface area contributed by atoms with Gasteiger partial charge in [0.2, 0.25) is 5.78 Å². The quantitative estimate of drug-likeness (QED) is 0.808. The number of rotatable bonds is 4. The molecule has 1 atom stereocenters. The average molecular weight is 245 g/mol. The Bertz CT molecular complexity index is 321. The topological polar surface area (TPSA) is 45.5 Å². The third kappa shape index (κ3) is 3.07. The second-order valence-corrected chi connectivity index (χ2v) is 3.96. The number of furan rings is 1. The number of ketones is 1. The molecule has 1 aliphatic heterocycles. The zero-order valence-corrected chi connectivity index (χ0v) is 10.1. The molecule has 1 aromatic rings. The summed E-state index contributed by atoms with van der Waals surface area (Å²) in [6.45, 7) is 2.45. The van der Waals surface area contributed by atoms with E-state index in [0.29, 0.717) is 18.3 Å². The van der Waals surface area contributed by atoms with Gasteiger partial charge in [0, 0.05) is 12.6 Å². The molecule has 16 heavy (non-hydrogen) atoms. The zero-order chi connectivity index (χ0) is 10.7. The van der Waals surface area contributed by atoms with Crippen LogP contribution < -0.4 is 5.32 Å². The highest BCUT2D eigenvalue weighted by molar-refractivity contribution is 5.94. The van der Waals surface area contributed by atoms with Gasteiger partial charge in [-0.05, 0) is 32.1 Å². The molecule has 1 unspecified atom stereocenters. The Morgan fingerprint density at radius 2 is 2.50 bits per heavy atom. The molecule has 1 aliphatic rings. The van der Waals surface area contributed by atoms with Crippen molar-refractivity contribution in [2.75, 3.05) is 26.7 Å². The van der Waals surface area contributed by atoms with Crippen molar-refractivity contribution in [1.82, 2.24) is 10.2 Å². The van der Waals surface area contributed by atoms with Crippen LogP contribution in [0.4, 0.5) is 0 Å². The normalized spacial score (nSPS) is 19.8. The number of hydrogen-bond acceptors (Lipinski definition) is 4. The second-order valence-electron chi connectivity index (χ2n) is 3.96. The van der Waals surface area contributed by atoms with E-state index in [1.54, 1.807) is 12.1 Å². The number of nitrogens with zero attached hydrogens (tertiary/aromatic N) is 1. The van der Waals surface area contributed by atoms with Crippen molar-refractivity contribution in [2.24, 2.45) is 0 Å². The lowest BCUT2D eigenvalue weighted by Crippen LogP contribution is -2.37. The van der Waals surface area contributed by atoms with Gasteiger partial charge in [0.1, 0.15) is 0 Å². The smallest absolute Gasteiger partial charge is 0.211 e. The van der Waals surface area contributed by atoms with Crippen molar-refractivity contribution in [1.29, 1.82) is 0 Å². The molecule has 1 N–H and O–H groups in total. The molecule has 1 saturated heterocycles. The van der Waals surface area contributed by atoms with E-state index < -0.39 is 0 Å². The molecule has 0 radical (unpaired) electrons. The minimum absolute atomic E-state index is 0. The Labute approximate surface area is 101 Å². The van der Waals surface area contributed by atoms with E-state index in [1.807, 2.05) is 7.05 Å². The molecule has 2 heterocycles. The monoisotopic (exact) mass is 244 g/mol. The van der Waals surface area contributed by atoms with E-state index in [9.17, 15) is 4.79 Å². The molecule has 0 aromatic carbocycles. The van der Waals surface area contributed by atoms with Crippen LogP contribution in [0.2, 0.25) is 0 Å². The minimum atomic E-state index is 0. The predicted molar refractivity (Wildman–Crippen MR) is 64.2 cm³/mol. The van der Waals surface area contributed by atoms with E-state index in [4.69, 9.17) is 4.42 Å². The molecule has 2 rings (SSSR count). The van der Waals surface area contributed by atoms with Crippen molar-refractivity contribution < 1.29 is 9.21 Å². The van der Waals surface area contributed by atoms with Crippen LogP contribution in [0, 0.1) is 0 Å². The molecule has 1 fully saturated rings. The van der Waals surface area contributed by atoms with E-state index in [2.05, 4.69) is 10.2 Å². The van der Waals surface area contributed by atoms with Gasteiger partial charge in [-0.25, -0.2) is 0 Å². The van der Waals surface area contributed by atoms with Crippen molar-refractivity contribution in [3.63, 3.8) is 0 Å². The van der Waals surface area contributed by atoms with Gasteiger partial charge in [0.05, 0.1) is 12.8 Å². The van der Waals surface area contributed by atoms with Crippen LogP contribution >= 0.6 is 12.4 Å². The summed E-state index contributed by atoms with van der Waals surface area (Å²) in [5.74, 6) is 0.502. The maximum Gasteiger partial charge on any atom is 0.211 e. The zero-order valence-electron chi connectivity index (χ0n) is 9.31. The highest BCUT2D eigenvalue weighted by Crippen LogP contribution is 2.08. The van der Waals surface area contributed by atoms with Gasteiger partial charge < -0.3 is 9.73 Å². The van der Waals surface area contributed by atoms with E-state index in [0.717, 1.165) is 19.5 Å². The van der Waals surface area contributed by atoms with Gasteiger partial charge >= 0.3 is 0 Å². The minimum Gasteiger partial charge on any atom is -0.461 e. The van der Waals surface area contributed by atoms with Crippen molar-refractivity contribution >= 4 is 18.2 Å². The van der Waals surface area contributed by atoms with E-state index >= 15 is 0 Å². The van der Waals surface area contributed by atoms with Gasteiger partial charge in [-0.2, -0.15) is 0 Å². The summed E-state index contributed by atoms with van der Waals surface area (Å²) in [4.78, 5) is 13.8. The van der Waals surface area contributed by atoms with Gasteiger partial charge in [-0.1, -0.05) is 0 Å². The Balaban J connectivity index is 0.00000128. The Kier molecular flexibility index (Phi) is 4.99. The summed E-state index contributed by atoms with van der Waals surface area (Å²) in [5.41, 5.74) is 0. The molecular formula is C11H17ClN2O2. The number of halogens is 1. The average Bonchev–Trinajstić information content (AvgIpc) is 2.91. The summed E-state index contributed by atoms with van der Waals surface area (Å²) in [7, 11) is 1.98. The summed E-state index contributed by atoms with van der Waals surface area (Å²) in [6, 6.07) is 3.93. The highest BCUT2D eigenvalue weighted by atomic mass is 35.5. The SMILES string of the molecule is CN(CC(=O)c1ccco1)C1CCNC1.Cl. The predicted octanol–water partition coefficient (Wildman–Crippen LogP) is 1.18. The molecule has 0 bridgehead atoms. The highest BCUT2D eigenvalue weighted by Gasteiger charge is 2.21. The molecule has 5 heteroatoms. The van der Waals surface area contributed by atoms with Crippen LogP contribution in [0.15, 0.2) is 22.8 Å². The Morgan fingerprint density at radius 1 is 1.69 bits per heavy atom. The van der Waals surface area contributed by atoms with E-state index in [1.165, 1.54) is 6.26 Å². The molecule has 1 aromatic heterocycles. The maximum atomic E-state index is 11.7. The maximum absolute atomic E-state index is 11.7. The molecule has 90 valence electrons. The lowest BCUT2D eigenvalue weighted by molar-refractivity contribution is 0.0897. The van der Waals surface area contributed by atoms with Crippen LogP contribution in [0.3, 0.4) is 0 Å². The first kappa shape index (κ1) is 13.2. The molecular weight excluding hydrogens is 228 g/mol. The summed E-state index contributed by atoms with van der Waals surface area (Å²) in [5, 5.41) is 3.28. The molecule has 4 nitrogen and oxygen atoms in total. The fourth-order valence-corrected chi connectivity index (χ4v) is 1.89. The van der Waals surface area contributed by atoms with Gasteiger partial charge in [-0.3, -0.25) is 9.69 Å². The lowest BCUT2D eigenvalue weighted by atomic mass is 10.2. The third-order valence-corrected chi connectivity index (χ3v) is 2.85. The molecule has 0 aliphatic carbocycles. The first-order valence-corrected chi connectivity index (χ1v) is 5.25. The number of likely N-dealkylation sites (N-methyl/N-ethyl adjacent to an activating group) is 1. The first-order valence-electron chi connectivity index (χ1n) is 5.25. The largest absolute Gasteiger partial charge is 0.461 e. The first-order chi connectivity index (χ1) is 7.27. The summed E-state index contributed by atoms with van der Waals surface area (Å²) < 4.78 is 5.07. The van der Waals surface area contributed by atoms with Crippen LogP contribution in [0.5, 0.6) is 0 Å². The van der Waals surface area contributed by atoms with Crippen LogP contribution in [0.1, 0.15) is 17.0 Å². The van der Waals surface area contributed by atoms with Crippen molar-refractivity contribution in [3.8, 4) is 0 Å². The summed E-state index contributed by atoms with van der Waals surface area (Å²) >= 11 is 0. The van der Waals surface area contributed by atoms with Crippen molar-refractivity contribution in [3.05, 3.63) is 24.2 Å². The Morgan fingerprint density at radius 3 is 3.06 bits per heavy atom. The number of carbonyl (C=O) groups is 1.